The summed E-state index contributed by atoms with van der Waals surface area (Å²) in [5, 5.41) is 3.23. The summed E-state index contributed by atoms with van der Waals surface area (Å²) >= 11 is 0. The molecule has 0 bridgehead atoms. The Balaban J connectivity index is 1.77. The highest BCUT2D eigenvalue weighted by atomic mass is 16.6. The van der Waals surface area contributed by atoms with E-state index >= 15 is 0 Å². The first-order valence-electron chi connectivity index (χ1n) is 7.88. The van der Waals surface area contributed by atoms with Gasteiger partial charge in [-0.2, -0.15) is 4.98 Å². The van der Waals surface area contributed by atoms with Crippen molar-refractivity contribution in [1.82, 2.24) is 9.97 Å². The number of hydrogen-bond donors (Lipinski definition) is 1. The molecule has 1 aromatic carbocycles. The highest BCUT2D eigenvalue weighted by Crippen LogP contribution is 2.30. The van der Waals surface area contributed by atoms with Crippen LogP contribution < -0.4 is 19.7 Å². The lowest BCUT2D eigenvalue weighted by Crippen LogP contribution is -2.25. The average Bonchev–Trinajstić information content (AvgIpc) is 3.07. The molecule has 0 saturated carbocycles. The smallest absolute Gasteiger partial charge is 0.415 e. The minimum atomic E-state index is -0.391. The first-order chi connectivity index (χ1) is 12.1. The molecule has 0 spiro atoms. The number of nitrogens with zero attached hydrogens (tertiary/aromatic N) is 3. The molecule has 1 atom stereocenters. The lowest BCUT2D eigenvalue weighted by Gasteiger charge is -2.17. The zero-order chi connectivity index (χ0) is 17.8. The predicted octanol–water partition coefficient (Wildman–Crippen LogP) is 2.62. The van der Waals surface area contributed by atoms with Crippen molar-refractivity contribution in [2.75, 3.05) is 37.6 Å². The summed E-state index contributed by atoms with van der Waals surface area (Å²) in [6, 6.07) is 7.31. The maximum Gasteiger partial charge on any atom is 0.415 e. The minimum absolute atomic E-state index is 0.0689. The average molecular weight is 344 g/mol. The molecule has 1 amide bonds. The van der Waals surface area contributed by atoms with Crippen molar-refractivity contribution in [3.05, 3.63) is 36.0 Å². The van der Waals surface area contributed by atoms with E-state index in [1.54, 1.807) is 26.5 Å². The molecule has 1 aliphatic heterocycles. The molecule has 25 heavy (non-hydrogen) atoms. The molecule has 8 nitrogen and oxygen atoms in total. The topological polar surface area (TPSA) is 85.8 Å². The van der Waals surface area contributed by atoms with Gasteiger partial charge in [-0.3, -0.25) is 4.90 Å². The van der Waals surface area contributed by atoms with Gasteiger partial charge >= 0.3 is 6.09 Å². The molecular weight excluding hydrogens is 324 g/mol. The van der Waals surface area contributed by atoms with E-state index in [0.29, 0.717) is 36.4 Å². The summed E-state index contributed by atoms with van der Waals surface area (Å²) in [5.41, 5.74) is 0.993. The van der Waals surface area contributed by atoms with Crippen LogP contribution in [0, 0.1) is 0 Å². The number of amides is 1. The summed E-state index contributed by atoms with van der Waals surface area (Å²) in [7, 11) is 3.20. The Labute approximate surface area is 145 Å². The monoisotopic (exact) mass is 344 g/mol. The Kier molecular flexibility index (Phi) is 4.87. The summed E-state index contributed by atoms with van der Waals surface area (Å²) in [6.07, 6.45) is 1.22. The molecule has 1 fully saturated rings. The third-order valence-corrected chi connectivity index (χ3v) is 3.93. The Morgan fingerprint density at radius 3 is 2.72 bits per heavy atom. The van der Waals surface area contributed by atoms with Gasteiger partial charge in [-0.1, -0.05) is 6.07 Å². The van der Waals surface area contributed by atoms with Gasteiger partial charge in [0.25, 0.3) is 0 Å². The fourth-order valence-corrected chi connectivity index (χ4v) is 2.57. The van der Waals surface area contributed by atoms with Crippen molar-refractivity contribution in [2.45, 2.75) is 13.0 Å². The number of cyclic esters (lactones) is 1. The first kappa shape index (κ1) is 16.8. The Bertz CT molecular complexity index is 768. The summed E-state index contributed by atoms with van der Waals surface area (Å²) < 4.78 is 15.5. The molecule has 132 valence electrons. The molecule has 8 heteroatoms. The maximum atomic E-state index is 11.7. The number of methoxy groups -OCH3 is 2. The van der Waals surface area contributed by atoms with Crippen molar-refractivity contribution in [3.8, 4) is 11.5 Å². The van der Waals surface area contributed by atoms with Crippen molar-refractivity contribution < 1.29 is 19.0 Å². The van der Waals surface area contributed by atoms with Gasteiger partial charge < -0.3 is 19.5 Å². The third kappa shape index (κ3) is 3.57. The number of carbonyl (C=O) groups excluding carboxylic acids is 1. The largest absolute Gasteiger partial charge is 0.493 e. The van der Waals surface area contributed by atoms with Gasteiger partial charge in [0, 0.05) is 6.20 Å². The highest BCUT2D eigenvalue weighted by molar-refractivity contribution is 5.88. The highest BCUT2D eigenvalue weighted by Gasteiger charge is 2.25. The molecule has 1 saturated heterocycles. The zero-order valence-electron chi connectivity index (χ0n) is 14.4. The second-order valence-electron chi connectivity index (χ2n) is 5.48. The van der Waals surface area contributed by atoms with Crippen LogP contribution in [0.25, 0.3) is 0 Å². The predicted molar refractivity (Wildman–Crippen MR) is 92.3 cm³/mol. The van der Waals surface area contributed by atoms with E-state index in [9.17, 15) is 4.79 Å². The number of hydrogen-bond acceptors (Lipinski definition) is 7. The van der Waals surface area contributed by atoms with Crippen LogP contribution in [0.4, 0.5) is 16.6 Å². The van der Waals surface area contributed by atoms with Gasteiger partial charge in [-0.15, -0.1) is 0 Å². The fourth-order valence-electron chi connectivity index (χ4n) is 2.57. The van der Waals surface area contributed by atoms with Crippen LogP contribution in [0.2, 0.25) is 0 Å². The minimum Gasteiger partial charge on any atom is -0.493 e. The van der Waals surface area contributed by atoms with E-state index in [1.165, 1.54) is 4.90 Å². The Morgan fingerprint density at radius 1 is 1.24 bits per heavy atom. The number of ether oxygens (including phenoxy) is 3. The van der Waals surface area contributed by atoms with E-state index in [1.807, 2.05) is 25.1 Å². The van der Waals surface area contributed by atoms with Crippen molar-refractivity contribution in [1.29, 1.82) is 0 Å². The standard InChI is InChI=1S/C17H20N4O4/c1-11(12-4-5-13(23-2)14(10-12)24-3)19-16-18-7-6-15(20-16)21-8-9-25-17(21)22/h4-7,10-11H,8-9H2,1-3H3,(H,18,19,20). The molecular formula is C17H20N4O4. The molecule has 1 N–H and O–H groups in total. The molecule has 3 rings (SSSR count). The van der Waals surface area contributed by atoms with Crippen LogP contribution in [-0.2, 0) is 4.74 Å². The van der Waals surface area contributed by atoms with Crippen molar-refractivity contribution >= 4 is 17.9 Å². The normalized spacial score (nSPS) is 14.8. The number of carbonyl (C=O) groups is 1. The number of anilines is 2. The van der Waals surface area contributed by atoms with Gasteiger partial charge in [-0.25, -0.2) is 9.78 Å². The van der Waals surface area contributed by atoms with E-state index in [2.05, 4.69) is 15.3 Å². The van der Waals surface area contributed by atoms with Crippen LogP contribution in [0.1, 0.15) is 18.5 Å². The molecule has 0 aliphatic carbocycles. The number of aromatic nitrogens is 2. The van der Waals surface area contributed by atoms with Crippen LogP contribution >= 0.6 is 0 Å². The molecule has 1 aromatic heterocycles. The van der Waals surface area contributed by atoms with Crippen LogP contribution in [0.3, 0.4) is 0 Å². The van der Waals surface area contributed by atoms with Crippen LogP contribution in [-0.4, -0.2) is 43.4 Å². The molecule has 2 aromatic rings. The lowest BCUT2D eigenvalue weighted by molar-refractivity contribution is 0.181. The fraction of sp³-hybridized carbons (Fsp3) is 0.353. The zero-order valence-corrected chi connectivity index (χ0v) is 14.4. The molecule has 0 radical (unpaired) electrons. The number of benzene rings is 1. The van der Waals surface area contributed by atoms with E-state index in [-0.39, 0.29) is 6.04 Å². The second-order valence-corrected chi connectivity index (χ2v) is 5.48. The molecule has 1 unspecified atom stereocenters. The van der Waals surface area contributed by atoms with Crippen LogP contribution in [0.15, 0.2) is 30.5 Å². The van der Waals surface area contributed by atoms with Gasteiger partial charge in [-0.05, 0) is 30.7 Å². The number of nitrogens with one attached hydrogen (secondary N) is 1. The van der Waals surface area contributed by atoms with Gasteiger partial charge in [0.15, 0.2) is 11.5 Å². The Hall–Kier alpha value is -3.03. The van der Waals surface area contributed by atoms with Crippen molar-refractivity contribution in [2.24, 2.45) is 0 Å². The SMILES string of the molecule is COc1ccc(C(C)Nc2nccc(N3CCOC3=O)n2)cc1OC. The summed E-state index contributed by atoms with van der Waals surface area (Å²) in [5.74, 6) is 2.27. The maximum absolute atomic E-state index is 11.7. The third-order valence-electron chi connectivity index (χ3n) is 3.93. The van der Waals surface area contributed by atoms with Crippen molar-refractivity contribution in [3.63, 3.8) is 0 Å². The van der Waals surface area contributed by atoms with Gasteiger partial charge in [0.2, 0.25) is 5.95 Å². The Morgan fingerprint density at radius 2 is 2.04 bits per heavy atom. The van der Waals surface area contributed by atoms with E-state index < -0.39 is 6.09 Å². The number of rotatable bonds is 6. The first-order valence-corrected chi connectivity index (χ1v) is 7.88. The van der Waals surface area contributed by atoms with E-state index in [4.69, 9.17) is 14.2 Å². The van der Waals surface area contributed by atoms with Gasteiger partial charge in [0.05, 0.1) is 26.8 Å². The molecule has 1 aliphatic rings. The lowest BCUT2D eigenvalue weighted by atomic mass is 10.1. The van der Waals surface area contributed by atoms with E-state index in [0.717, 1.165) is 5.56 Å². The molecule has 2 heterocycles. The second kappa shape index (κ2) is 7.25. The summed E-state index contributed by atoms with van der Waals surface area (Å²) in [6.45, 7) is 2.84. The van der Waals surface area contributed by atoms with Crippen LogP contribution in [0.5, 0.6) is 11.5 Å². The summed E-state index contributed by atoms with van der Waals surface area (Å²) in [4.78, 5) is 21.8. The quantitative estimate of drug-likeness (QED) is 0.862. The van der Waals surface area contributed by atoms with Gasteiger partial charge in [0.1, 0.15) is 12.4 Å².